The monoisotopic (exact) mass is 339 g/mol. The summed E-state index contributed by atoms with van der Waals surface area (Å²) in [5.41, 5.74) is 7.99. The number of carbonyl (C=O) groups is 2. The minimum atomic E-state index is -0.736. The molecule has 1 fully saturated rings. The summed E-state index contributed by atoms with van der Waals surface area (Å²) in [4.78, 5) is 24.2. The fraction of sp³-hybridized carbons (Fsp3) is 0.263. The highest BCUT2D eigenvalue weighted by Gasteiger charge is 2.23. The quantitative estimate of drug-likeness (QED) is 0.780. The summed E-state index contributed by atoms with van der Waals surface area (Å²) in [6.07, 6.45) is 1.28. The molecule has 3 rings (SSSR count). The normalized spacial score (nSPS) is 17.7. The zero-order valence-corrected chi connectivity index (χ0v) is 13.8. The highest BCUT2D eigenvalue weighted by Crippen LogP contribution is 2.18. The largest absolute Gasteiger partial charge is 0.368 e. The second kappa shape index (κ2) is 7.92. The molecule has 2 aromatic carbocycles. The van der Waals surface area contributed by atoms with Gasteiger partial charge in [0.25, 0.3) is 5.91 Å². The molecule has 4 N–H and O–H groups in total. The Kier molecular flexibility index (Phi) is 5.42. The zero-order valence-electron chi connectivity index (χ0n) is 13.8. The molecule has 1 heterocycles. The van der Waals surface area contributed by atoms with Gasteiger partial charge in [-0.2, -0.15) is 0 Å². The molecular formula is C19H21N3O3. The molecule has 1 aliphatic heterocycles. The maximum Gasteiger partial charge on any atom is 0.253 e. The molecule has 0 spiro atoms. The van der Waals surface area contributed by atoms with E-state index in [1.165, 1.54) is 0 Å². The van der Waals surface area contributed by atoms with Crippen LogP contribution in [0, 0.1) is 0 Å². The molecule has 25 heavy (non-hydrogen) atoms. The van der Waals surface area contributed by atoms with Crippen LogP contribution < -0.4 is 16.4 Å². The molecule has 0 radical (unpaired) electrons. The number of hydrogen-bond acceptors (Lipinski definition) is 4. The maximum atomic E-state index is 12.2. The van der Waals surface area contributed by atoms with Gasteiger partial charge < -0.3 is 21.1 Å². The third kappa shape index (κ3) is 4.43. The van der Waals surface area contributed by atoms with Crippen molar-refractivity contribution < 1.29 is 14.3 Å². The van der Waals surface area contributed by atoms with E-state index in [1.54, 1.807) is 24.3 Å². The number of anilines is 2. The van der Waals surface area contributed by atoms with Gasteiger partial charge in [0, 0.05) is 18.0 Å². The summed E-state index contributed by atoms with van der Waals surface area (Å²) < 4.78 is 5.35. The lowest BCUT2D eigenvalue weighted by molar-refractivity contribution is -0.124. The van der Waals surface area contributed by atoms with Crippen molar-refractivity contribution in [2.45, 2.75) is 25.0 Å². The average molecular weight is 339 g/mol. The highest BCUT2D eigenvalue weighted by atomic mass is 16.5. The Morgan fingerprint density at radius 1 is 1.00 bits per heavy atom. The van der Waals surface area contributed by atoms with Crippen molar-refractivity contribution in [1.29, 1.82) is 0 Å². The Labute approximate surface area is 146 Å². The molecule has 0 saturated carbocycles. The molecule has 2 aromatic rings. The molecule has 2 atom stereocenters. The molecular weight excluding hydrogens is 318 g/mol. The van der Waals surface area contributed by atoms with Crippen LogP contribution in [0.3, 0.4) is 0 Å². The number of amides is 2. The predicted octanol–water partition coefficient (Wildman–Crippen LogP) is 2.44. The van der Waals surface area contributed by atoms with Crippen LogP contribution in [0.4, 0.5) is 11.4 Å². The van der Waals surface area contributed by atoms with E-state index in [1.807, 2.05) is 30.3 Å². The predicted molar refractivity (Wildman–Crippen MR) is 96.0 cm³/mol. The van der Waals surface area contributed by atoms with Crippen molar-refractivity contribution in [2.24, 2.45) is 5.73 Å². The van der Waals surface area contributed by atoms with Crippen LogP contribution >= 0.6 is 0 Å². The number of rotatable bonds is 5. The highest BCUT2D eigenvalue weighted by molar-refractivity contribution is 5.96. The van der Waals surface area contributed by atoms with Gasteiger partial charge in [-0.3, -0.25) is 9.59 Å². The first-order valence-corrected chi connectivity index (χ1v) is 8.27. The van der Waals surface area contributed by atoms with E-state index in [9.17, 15) is 9.59 Å². The number of nitrogens with one attached hydrogen (secondary N) is 2. The summed E-state index contributed by atoms with van der Waals surface area (Å²) in [5.74, 6) is -0.428. The lowest BCUT2D eigenvalue weighted by Gasteiger charge is -2.13. The minimum absolute atomic E-state index is 0.139. The Hall–Kier alpha value is -2.70. The van der Waals surface area contributed by atoms with Gasteiger partial charge in [0.05, 0.1) is 0 Å². The topological polar surface area (TPSA) is 93.5 Å². The number of nitrogens with two attached hydrogens (primary N) is 1. The lowest BCUT2D eigenvalue weighted by atomic mass is 10.1. The van der Waals surface area contributed by atoms with Crippen LogP contribution in [-0.4, -0.2) is 24.5 Å². The number of carbonyl (C=O) groups excluding carboxylic acids is 2. The standard InChI is InChI=1S/C19H21N3O3/c20-17(13-5-2-1-3-6-13)19(24)22-15-10-8-14(9-11-15)21-18(23)16-7-4-12-25-16/h1-3,5-6,8-11,16-17H,4,7,12,20H2,(H,21,23)(H,22,24). The number of ether oxygens (including phenoxy) is 1. The molecule has 130 valence electrons. The van der Waals surface area contributed by atoms with Crippen molar-refractivity contribution >= 4 is 23.2 Å². The molecule has 0 aromatic heterocycles. The van der Waals surface area contributed by atoms with Crippen molar-refractivity contribution in [3.05, 3.63) is 60.2 Å². The third-order valence-corrected chi connectivity index (χ3v) is 4.08. The van der Waals surface area contributed by atoms with Crippen LogP contribution in [0.5, 0.6) is 0 Å². The fourth-order valence-corrected chi connectivity index (χ4v) is 2.68. The van der Waals surface area contributed by atoms with Crippen molar-refractivity contribution in [3.63, 3.8) is 0 Å². The molecule has 6 heteroatoms. The summed E-state index contributed by atoms with van der Waals surface area (Å²) in [7, 11) is 0. The number of hydrogen-bond donors (Lipinski definition) is 3. The van der Waals surface area contributed by atoms with Crippen molar-refractivity contribution in [3.8, 4) is 0 Å². The van der Waals surface area contributed by atoms with Gasteiger partial charge in [-0.15, -0.1) is 0 Å². The van der Waals surface area contributed by atoms with E-state index >= 15 is 0 Å². The second-order valence-corrected chi connectivity index (χ2v) is 5.95. The smallest absolute Gasteiger partial charge is 0.253 e. The summed E-state index contributed by atoms with van der Waals surface area (Å²) in [6, 6.07) is 15.4. The Balaban J connectivity index is 1.57. The van der Waals surface area contributed by atoms with Gasteiger partial charge in [-0.25, -0.2) is 0 Å². The van der Waals surface area contributed by atoms with Crippen molar-refractivity contribution in [2.75, 3.05) is 17.2 Å². The number of benzene rings is 2. The fourth-order valence-electron chi connectivity index (χ4n) is 2.68. The molecule has 1 saturated heterocycles. The summed E-state index contributed by atoms with van der Waals surface area (Å²) in [6.45, 7) is 0.630. The third-order valence-electron chi connectivity index (χ3n) is 4.08. The first-order chi connectivity index (χ1) is 12.1. The van der Waals surface area contributed by atoms with E-state index in [0.717, 1.165) is 18.4 Å². The Morgan fingerprint density at radius 2 is 1.64 bits per heavy atom. The molecule has 0 aliphatic carbocycles. The summed E-state index contributed by atoms with van der Waals surface area (Å²) in [5, 5.41) is 5.59. The van der Waals surface area contributed by atoms with Crippen LogP contribution in [0.15, 0.2) is 54.6 Å². The van der Waals surface area contributed by atoms with Gasteiger partial charge in [0.15, 0.2) is 0 Å². The first kappa shape index (κ1) is 17.1. The molecule has 2 amide bonds. The van der Waals surface area contributed by atoms with Gasteiger partial charge in [-0.1, -0.05) is 30.3 Å². The van der Waals surface area contributed by atoms with Crippen LogP contribution in [-0.2, 0) is 14.3 Å². The zero-order chi connectivity index (χ0) is 17.6. The van der Waals surface area contributed by atoms with E-state index in [0.29, 0.717) is 18.0 Å². The molecule has 0 bridgehead atoms. The average Bonchev–Trinajstić information content (AvgIpc) is 3.18. The van der Waals surface area contributed by atoms with E-state index in [-0.39, 0.29) is 17.9 Å². The van der Waals surface area contributed by atoms with E-state index < -0.39 is 6.04 Å². The lowest BCUT2D eigenvalue weighted by Crippen LogP contribution is -2.28. The van der Waals surface area contributed by atoms with Gasteiger partial charge in [0.1, 0.15) is 12.1 Å². The second-order valence-electron chi connectivity index (χ2n) is 5.95. The molecule has 2 unspecified atom stereocenters. The maximum absolute atomic E-state index is 12.2. The first-order valence-electron chi connectivity index (χ1n) is 8.27. The van der Waals surface area contributed by atoms with Gasteiger partial charge in [0.2, 0.25) is 5.91 Å². The van der Waals surface area contributed by atoms with Crippen LogP contribution in [0.25, 0.3) is 0 Å². The Morgan fingerprint density at radius 3 is 2.24 bits per heavy atom. The van der Waals surface area contributed by atoms with Gasteiger partial charge in [-0.05, 0) is 42.7 Å². The van der Waals surface area contributed by atoms with E-state index in [2.05, 4.69) is 10.6 Å². The molecule has 1 aliphatic rings. The SMILES string of the molecule is NC(C(=O)Nc1ccc(NC(=O)C2CCCO2)cc1)c1ccccc1. The van der Waals surface area contributed by atoms with Crippen LogP contribution in [0.1, 0.15) is 24.4 Å². The molecule has 6 nitrogen and oxygen atoms in total. The minimum Gasteiger partial charge on any atom is -0.368 e. The Bertz CT molecular complexity index is 725. The van der Waals surface area contributed by atoms with Gasteiger partial charge >= 0.3 is 0 Å². The van der Waals surface area contributed by atoms with E-state index in [4.69, 9.17) is 10.5 Å². The van der Waals surface area contributed by atoms with Crippen LogP contribution in [0.2, 0.25) is 0 Å². The summed E-state index contributed by atoms with van der Waals surface area (Å²) >= 11 is 0. The van der Waals surface area contributed by atoms with Crippen molar-refractivity contribution in [1.82, 2.24) is 0 Å².